The maximum absolute atomic E-state index is 12.2. The van der Waals surface area contributed by atoms with E-state index in [-0.39, 0.29) is 5.16 Å². The molecule has 0 aliphatic carbocycles. The number of halogens is 1. The van der Waals surface area contributed by atoms with Crippen molar-refractivity contribution < 1.29 is 18.5 Å². The van der Waals surface area contributed by atoms with Crippen molar-refractivity contribution in [1.29, 1.82) is 0 Å². The lowest BCUT2D eigenvalue weighted by Gasteiger charge is -2.20. The van der Waals surface area contributed by atoms with Gasteiger partial charge in [-0.15, -0.1) is 0 Å². The van der Waals surface area contributed by atoms with Crippen LogP contribution in [0.1, 0.15) is 32.2 Å². The van der Waals surface area contributed by atoms with E-state index < -0.39 is 30.6 Å². The molecule has 3 aromatic heterocycles. The summed E-state index contributed by atoms with van der Waals surface area (Å²) < 4.78 is 28.1. The van der Waals surface area contributed by atoms with Crippen LogP contribution in [0.2, 0.25) is 25.7 Å². The topological polar surface area (TPSA) is 138 Å². The van der Waals surface area contributed by atoms with E-state index in [2.05, 4.69) is 65.8 Å². The SMILES string of the molecule is CS(=O)c1nc(NCc2nc3cccc(CCNC(=O)OC(C)(C)C)c3n2COCC[Si](C)(C)C)n2ncc(Br)c2n1. The van der Waals surface area contributed by atoms with Crippen LogP contribution >= 0.6 is 15.9 Å². The molecule has 1 amide bonds. The molecule has 1 unspecified atom stereocenters. The van der Waals surface area contributed by atoms with Gasteiger partial charge in [0.1, 0.15) is 18.2 Å². The summed E-state index contributed by atoms with van der Waals surface area (Å²) in [5.74, 6) is 1.14. The molecule has 1 aromatic carbocycles. The number of amides is 1. The maximum atomic E-state index is 12.2. The lowest BCUT2D eigenvalue weighted by Crippen LogP contribution is -2.33. The second kappa shape index (κ2) is 13.2. The van der Waals surface area contributed by atoms with Crippen LogP contribution in [-0.4, -0.2) is 72.5 Å². The summed E-state index contributed by atoms with van der Waals surface area (Å²) in [5, 5.41) is 10.7. The third-order valence-electron chi connectivity index (χ3n) is 6.17. The molecule has 0 spiro atoms. The highest BCUT2D eigenvalue weighted by Gasteiger charge is 2.19. The molecule has 42 heavy (non-hydrogen) atoms. The Morgan fingerprint density at radius 3 is 2.62 bits per heavy atom. The zero-order chi connectivity index (χ0) is 30.7. The van der Waals surface area contributed by atoms with Gasteiger partial charge in [0.2, 0.25) is 11.1 Å². The van der Waals surface area contributed by atoms with Gasteiger partial charge in [0.15, 0.2) is 5.65 Å². The molecule has 0 aliphatic heterocycles. The molecule has 3 heterocycles. The van der Waals surface area contributed by atoms with Gasteiger partial charge in [-0.2, -0.15) is 19.6 Å². The predicted octanol–water partition coefficient (Wildman–Crippen LogP) is 4.97. The van der Waals surface area contributed by atoms with Crippen molar-refractivity contribution in [3.8, 4) is 0 Å². The standard InChI is InChI=1S/C27H39BrN8O4SSi/c1-27(2,3)40-26(37)29-12-11-18-9-8-10-20-22(18)35(17-39-13-14-42(5,6)7)21(32-20)16-30-24-34-25(41(4)38)33-23-19(28)15-31-36(23)24/h8-10,15H,11-14,16-17H2,1-7H3,(H,29,37)(H,30,33,34). The molecule has 0 saturated carbocycles. The number of ether oxygens (including phenoxy) is 2. The monoisotopic (exact) mass is 678 g/mol. The number of benzene rings is 1. The van der Waals surface area contributed by atoms with Gasteiger partial charge in [0, 0.05) is 27.5 Å². The number of hydrogen-bond donors (Lipinski definition) is 2. The van der Waals surface area contributed by atoms with Gasteiger partial charge < -0.3 is 24.7 Å². The van der Waals surface area contributed by atoms with Crippen LogP contribution in [0.25, 0.3) is 16.7 Å². The van der Waals surface area contributed by atoms with Gasteiger partial charge in [-0.3, -0.25) is 4.21 Å². The second-order valence-electron chi connectivity index (χ2n) is 12.1. The first-order valence-corrected chi connectivity index (χ1v) is 19.8. The predicted molar refractivity (Wildman–Crippen MR) is 170 cm³/mol. The van der Waals surface area contributed by atoms with Crippen molar-refractivity contribution in [3.05, 3.63) is 40.3 Å². The van der Waals surface area contributed by atoms with Crippen LogP contribution in [0.5, 0.6) is 0 Å². The molecule has 4 aromatic rings. The number of rotatable bonds is 12. The van der Waals surface area contributed by atoms with Gasteiger partial charge in [-0.25, -0.2) is 9.78 Å². The molecular formula is C27H39BrN8O4SSi. The Morgan fingerprint density at radius 1 is 1.17 bits per heavy atom. The minimum absolute atomic E-state index is 0.203. The summed E-state index contributed by atoms with van der Waals surface area (Å²) in [7, 11) is -2.65. The van der Waals surface area contributed by atoms with Crippen molar-refractivity contribution in [1.82, 2.24) is 34.4 Å². The van der Waals surface area contributed by atoms with E-state index in [0.717, 1.165) is 28.5 Å². The van der Waals surface area contributed by atoms with E-state index in [1.807, 2.05) is 39.0 Å². The average molecular weight is 680 g/mol. The van der Waals surface area contributed by atoms with Crippen molar-refractivity contribution in [3.63, 3.8) is 0 Å². The fourth-order valence-electron chi connectivity index (χ4n) is 4.16. The summed E-state index contributed by atoms with van der Waals surface area (Å²) in [6.45, 7) is 14.2. The zero-order valence-electron chi connectivity index (χ0n) is 25.2. The second-order valence-corrected chi connectivity index (χ2v) is 19.9. The maximum Gasteiger partial charge on any atom is 0.407 e. The Bertz CT molecular complexity index is 1600. The molecule has 15 heteroatoms. The number of fused-ring (bicyclic) bond motifs is 2. The first kappa shape index (κ1) is 32.0. The number of nitrogens with zero attached hydrogens (tertiary/aromatic N) is 6. The zero-order valence-corrected chi connectivity index (χ0v) is 28.6. The van der Waals surface area contributed by atoms with Crippen LogP contribution in [0.15, 0.2) is 34.0 Å². The van der Waals surface area contributed by atoms with Gasteiger partial charge in [0.25, 0.3) is 0 Å². The molecule has 0 saturated heterocycles. The average Bonchev–Trinajstić information content (AvgIpc) is 3.44. The summed E-state index contributed by atoms with van der Waals surface area (Å²) in [5.41, 5.74) is 2.74. The van der Waals surface area contributed by atoms with Crippen LogP contribution in [0.4, 0.5) is 10.7 Å². The quantitative estimate of drug-likeness (QED) is 0.157. The van der Waals surface area contributed by atoms with Gasteiger partial charge in [0.05, 0.1) is 39.0 Å². The highest BCUT2D eigenvalue weighted by molar-refractivity contribution is 9.10. The lowest BCUT2D eigenvalue weighted by atomic mass is 10.1. The van der Waals surface area contributed by atoms with Crippen molar-refractivity contribution in [2.24, 2.45) is 0 Å². The largest absolute Gasteiger partial charge is 0.444 e. The fraction of sp³-hybridized carbons (Fsp3) is 0.519. The molecule has 0 bridgehead atoms. The molecule has 1 atom stereocenters. The third-order valence-corrected chi connectivity index (χ3v) is 9.14. The fourth-order valence-corrected chi connectivity index (χ4v) is 5.70. The molecule has 228 valence electrons. The number of alkyl carbamates (subject to hydrolysis) is 1. The smallest absolute Gasteiger partial charge is 0.407 e. The third kappa shape index (κ3) is 8.36. The number of anilines is 1. The van der Waals surface area contributed by atoms with Crippen LogP contribution in [-0.2, 0) is 40.0 Å². The highest BCUT2D eigenvalue weighted by atomic mass is 79.9. The van der Waals surface area contributed by atoms with E-state index in [1.54, 1.807) is 10.7 Å². The van der Waals surface area contributed by atoms with E-state index in [4.69, 9.17) is 14.5 Å². The first-order valence-electron chi connectivity index (χ1n) is 13.7. The molecule has 4 rings (SSSR count). The van der Waals surface area contributed by atoms with E-state index >= 15 is 0 Å². The molecular weight excluding hydrogens is 640 g/mol. The first-order chi connectivity index (χ1) is 19.7. The van der Waals surface area contributed by atoms with Gasteiger partial charge in [-0.05, 0) is 60.8 Å². The van der Waals surface area contributed by atoms with Crippen molar-refractivity contribution in [2.45, 2.75) is 76.9 Å². The highest BCUT2D eigenvalue weighted by Crippen LogP contribution is 2.24. The van der Waals surface area contributed by atoms with Crippen LogP contribution in [0.3, 0.4) is 0 Å². The Kier molecular flexibility index (Phi) is 10.1. The number of hydrogen-bond acceptors (Lipinski definition) is 9. The molecule has 0 radical (unpaired) electrons. The van der Waals surface area contributed by atoms with E-state index in [0.29, 0.717) is 48.9 Å². The summed E-state index contributed by atoms with van der Waals surface area (Å²) in [6.07, 6.45) is 3.30. The van der Waals surface area contributed by atoms with E-state index in [9.17, 15) is 9.00 Å². The van der Waals surface area contributed by atoms with Crippen molar-refractivity contribution in [2.75, 3.05) is 24.7 Å². The summed E-state index contributed by atoms with van der Waals surface area (Å²) >= 11 is 3.45. The Morgan fingerprint density at radius 2 is 1.93 bits per heavy atom. The number of nitrogens with one attached hydrogen (secondary N) is 2. The molecule has 0 aliphatic rings. The van der Waals surface area contributed by atoms with Crippen LogP contribution < -0.4 is 10.6 Å². The minimum atomic E-state index is -1.38. The summed E-state index contributed by atoms with van der Waals surface area (Å²) in [4.78, 5) is 26.0. The number of para-hydroxylation sites is 1. The Labute approximate surface area is 257 Å². The normalized spacial score (nSPS) is 13.0. The van der Waals surface area contributed by atoms with Gasteiger partial charge in [-0.1, -0.05) is 31.8 Å². The van der Waals surface area contributed by atoms with Crippen molar-refractivity contribution >= 4 is 63.5 Å². The summed E-state index contributed by atoms with van der Waals surface area (Å²) in [6, 6.07) is 7.01. The molecule has 0 fully saturated rings. The Hall–Kier alpha value is -2.88. The number of imidazole rings is 1. The number of carbonyl (C=O) groups excluding carboxylic acids is 1. The molecule has 12 nitrogen and oxygen atoms in total. The number of carbonyl (C=O) groups is 1. The minimum Gasteiger partial charge on any atom is -0.444 e. The Balaban J connectivity index is 1.62. The van der Waals surface area contributed by atoms with Crippen LogP contribution in [0, 0.1) is 0 Å². The lowest BCUT2D eigenvalue weighted by molar-refractivity contribution is 0.0528. The van der Waals surface area contributed by atoms with E-state index in [1.165, 1.54) is 6.26 Å². The molecule has 2 N–H and O–H groups in total. The van der Waals surface area contributed by atoms with Gasteiger partial charge >= 0.3 is 6.09 Å². The number of aromatic nitrogens is 6.